The van der Waals surface area contributed by atoms with Gasteiger partial charge >= 0.3 is 0 Å². The lowest BCUT2D eigenvalue weighted by atomic mass is 10.0. The van der Waals surface area contributed by atoms with Gasteiger partial charge in [0.2, 0.25) is 5.91 Å². The second-order valence-corrected chi connectivity index (χ2v) is 11.3. The van der Waals surface area contributed by atoms with E-state index in [1.165, 1.54) is 17.7 Å². The predicted molar refractivity (Wildman–Crippen MR) is 161 cm³/mol. The molecule has 0 atom stereocenters. The second kappa shape index (κ2) is 14.0. The van der Waals surface area contributed by atoms with E-state index in [4.69, 9.17) is 0 Å². The molecule has 1 saturated heterocycles. The number of benzene rings is 3. The highest BCUT2D eigenvalue weighted by atomic mass is 32.2. The number of amides is 1. The molecule has 5 rings (SSSR count). The maximum atomic E-state index is 12.6. The molecule has 0 saturated carbocycles. The SMILES string of the molecule is O=C(CCCCSc1nnc(-c2ccc([N+](=O)[O-])cc2)n1-c1ccccc1)NC1CCN(Cc2ccccc2)CC1. The fourth-order valence-electron chi connectivity index (χ4n) is 5.02. The Balaban J connectivity index is 1.09. The maximum Gasteiger partial charge on any atom is 0.269 e. The molecule has 0 bridgehead atoms. The van der Waals surface area contributed by atoms with E-state index in [1.54, 1.807) is 23.9 Å². The van der Waals surface area contributed by atoms with Crippen LogP contribution in [0.25, 0.3) is 17.1 Å². The Bertz CT molecular complexity index is 1420. The molecule has 41 heavy (non-hydrogen) atoms. The number of hydrogen-bond acceptors (Lipinski definition) is 7. The Morgan fingerprint density at radius 1 is 0.927 bits per heavy atom. The molecule has 0 radical (unpaired) electrons. The van der Waals surface area contributed by atoms with E-state index in [1.807, 2.05) is 41.0 Å². The van der Waals surface area contributed by atoms with Crippen LogP contribution in [0, 0.1) is 10.1 Å². The highest BCUT2D eigenvalue weighted by molar-refractivity contribution is 7.99. The molecular formula is C31H34N6O3S. The van der Waals surface area contributed by atoms with Crippen LogP contribution >= 0.6 is 11.8 Å². The maximum absolute atomic E-state index is 12.6. The average molecular weight is 571 g/mol. The molecule has 9 nitrogen and oxygen atoms in total. The van der Waals surface area contributed by atoms with E-state index >= 15 is 0 Å². The van der Waals surface area contributed by atoms with Crippen molar-refractivity contribution in [1.82, 2.24) is 25.0 Å². The van der Waals surface area contributed by atoms with Crippen molar-refractivity contribution < 1.29 is 9.72 Å². The minimum Gasteiger partial charge on any atom is -0.353 e. The van der Waals surface area contributed by atoms with Gasteiger partial charge in [0.15, 0.2) is 11.0 Å². The first-order valence-electron chi connectivity index (χ1n) is 14.0. The van der Waals surface area contributed by atoms with Gasteiger partial charge in [0.25, 0.3) is 5.69 Å². The van der Waals surface area contributed by atoms with E-state index in [-0.39, 0.29) is 17.6 Å². The summed E-state index contributed by atoms with van der Waals surface area (Å²) < 4.78 is 1.97. The van der Waals surface area contributed by atoms with Crippen LogP contribution in [-0.2, 0) is 11.3 Å². The van der Waals surface area contributed by atoms with Crippen LogP contribution in [0.1, 0.15) is 37.7 Å². The Kier molecular flexibility index (Phi) is 9.77. The number of carbonyl (C=O) groups is 1. The highest BCUT2D eigenvalue weighted by Gasteiger charge is 2.21. The van der Waals surface area contributed by atoms with E-state index in [2.05, 4.69) is 44.7 Å². The first-order valence-corrected chi connectivity index (χ1v) is 15.0. The summed E-state index contributed by atoms with van der Waals surface area (Å²) in [5, 5.41) is 23.9. The summed E-state index contributed by atoms with van der Waals surface area (Å²) in [7, 11) is 0. The highest BCUT2D eigenvalue weighted by Crippen LogP contribution is 2.29. The third-order valence-electron chi connectivity index (χ3n) is 7.22. The molecule has 1 aromatic heterocycles. The summed E-state index contributed by atoms with van der Waals surface area (Å²) in [6.07, 6.45) is 4.17. The summed E-state index contributed by atoms with van der Waals surface area (Å²) in [5.41, 5.74) is 3.04. The number of para-hydroxylation sites is 1. The number of thioether (sulfide) groups is 1. The molecule has 2 heterocycles. The number of unbranched alkanes of at least 4 members (excludes halogenated alkanes) is 1. The molecule has 3 aromatic carbocycles. The lowest BCUT2D eigenvalue weighted by Crippen LogP contribution is -2.44. The number of carbonyl (C=O) groups excluding carboxylic acids is 1. The third-order valence-corrected chi connectivity index (χ3v) is 8.23. The fraction of sp³-hybridized carbons (Fsp3) is 0.323. The van der Waals surface area contributed by atoms with Crippen molar-refractivity contribution in [2.45, 2.75) is 49.8 Å². The van der Waals surface area contributed by atoms with Crippen molar-refractivity contribution in [2.75, 3.05) is 18.8 Å². The molecule has 1 fully saturated rings. The number of nitrogens with one attached hydrogen (secondary N) is 1. The van der Waals surface area contributed by atoms with Gasteiger partial charge in [0, 0.05) is 61.2 Å². The summed E-state index contributed by atoms with van der Waals surface area (Å²) in [6.45, 7) is 2.97. The monoisotopic (exact) mass is 570 g/mol. The number of nitro benzene ring substituents is 1. The molecule has 1 aliphatic heterocycles. The van der Waals surface area contributed by atoms with Crippen molar-refractivity contribution >= 4 is 23.4 Å². The number of non-ortho nitro benzene ring substituents is 1. The van der Waals surface area contributed by atoms with E-state index in [0.29, 0.717) is 12.2 Å². The lowest BCUT2D eigenvalue weighted by Gasteiger charge is -2.32. The first kappa shape index (κ1) is 28.5. The van der Waals surface area contributed by atoms with Crippen LogP contribution in [0.5, 0.6) is 0 Å². The van der Waals surface area contributed by atoms with Gasteiger partial charge < -0.3 is 5.32 Å². The number of nitrogens with zero attached hydrogens (tertiary/aromatic N) is 5. The normalized spacial score (nSPS) is 14.1. The smallest absolute Gasteiger partial charge is 0.269 e. The molecule has 1 N–H and O–H groups in total. The van der Waals surface area contributed by atoms with Crippen molar-refractivity contribution in [3.63, 3.8) is 0 Å². The fourth-order valence-corrected chi connectivity index (χ4v) is 5.97. The van der Waals surface area contributed by atoms with Gasteiger partial charge in [0.05, 0.1) is 4.92 Å². The average Bonchev–Trinajstić information content (AvgIpc) is 3.43. The molecule has 0 unspecified atom stereocenters. The minimum absolute atomic E-state index is 0.0340. The van der Waals surface area contributed by atoms with Crippen molar-refractivity contribution in [2.24, 2.45) is 0 Å². The number of hydrogen-bond donors (Lipinski definition) is 1. The van der Waals surface area contributed by atoms with Gasteiger partial charge in [-0.1, -0.05) is 60.3 Å². The number of rotatable bonds is 12. The first-order chi connectivity index (χ1) is 20.1. The van der Waals surface area contributed by atoms with Crippen LogP contribution in [0.3, 0.4) is 0 Å². The Hall–Kier alpha value is -4.02. The zero-order valence-electron chi connectivity index (χ0n) is 22.9. The van der Waals surface area contributed by atoms with Gasteiger partial charge in [0.1, 0.15) is 0 Å². The van der Waals surface area contributed by atoms with E-state index < -0.39 is 4.92 Å². The predicted octanol–water partition coefficient (Wildman–Crippen LogP) is 5.89. The molecule has 1 aliphatic rings. The van der Waals surface area contributed by atoms with Crippen molar-refractivity contribution in [3.8, 4) is 17.1 Å². The number of likely N-dealkylation sites (tertiary alicyclic amines) is 1. The standard InChI is InChI=1S/C31H34N6O3S/c38-29(32-26-18-20-35(21-19-26)23-24-9-3-1-4-10-24)13-7-8-22-41-31-34-33-30(36(31)27-11-5-2-6-12-27)25-14-16-28(17-15-25)37(39)40/h1-6,9-12,14-17,26H,7-8,13,18-23H2,(H,32,38). The van der Waals surface area contributed by atoms with Gasteiger partial charge in [-0.2, -0.15) is 0 Å². The molecule has 0 aliphatic carbocycles. The van der Waals surface area contributed by atoms with Crippen LogP contribution in [0.4, 0.5) is 5.69 Å². The summed E-state index contributed by atoms with van der Waals surface area (Å²) in [6, 6.07) is 27.0. The summed E-state index contributed by atoms with van der Waals surface area (Å²) in [5.74, 6) is 1.56. The molecule has 10 heteroatoms. The third kappa shape index (κ3) is 7.80. The topological polar surface area (TPSA) is 106 Å². The number of aromatic nitrogens is 3. The van der Waals surface area contributed by atoms with Gasteiger partial charge in [-0.05, 0) is 55.5 Å². The van der Waals surface area contributed by atoms with Crippen LogP contribution in [-0.4, -0.2) is 55.4 Å². The lowest BCUT2D eigenvalue weighted by molar-refractivity contribution is -0.384. The Morgan fingerprint density at radius 2 is 1.61 bits per heavy atom. The Labute approximate surface area is 244 Å². The van der Waals surface area contributed by atoms with Crippen LogP contribution < -0.4 is 5.32 Å². The van der Waals surface area contributed by atoms with E-state index in [0.717, 1.165) is 67.5 Å². The quantitative estimate of drug-likeness (QED) is 0.0980. The number of nitro groups is 1. The zero-order valence-corrected chi connectivity index (χ0v) is 23.7. The van der Waals surface area contributed by atoms with E-state index in [9.17, 15) is 14.9 Å². The van der Waals surface area contributed by atoms with Crippen molar-refractivity contribution in [3.05, 3.63) is 101 Å². The summed E-state index contributed by atoms with van der Waals surface area (Å²) in [4.78, 5) is 25.7. The van der Waals surface area contributed by atoms with Gasteiger partial charge in [-0.25, -0.2) is 0 Å². The molecule has 1 amide bonds. The Morgan fingerprint density at radius 3 is 2.29 bits per heavy atom. The van der Waals surface area contributed by atoms with Gasteiger partial charge in [-0.3, -0.25) is 24.4 Å². The molecule has 4 aromatic rings. The summed E-state index contributed by atoms with van der Waals surface area (Å²) >= 11 is 1.60. The number of piperidine rings is 1. The van der Waals surface area contributed by atoms with Crippen LogP contribution in [0.2, 0.25) is 0 Å². The van der Waals surface area contributed by atoms with Crippen LogP contribution in [0.15, 0.2) is 90.1 Å². The van der Waals surface area contributed by atoms with Crippen molar-refractivity contribution in [1.29, 1.82) is 0 Å². The molecule has 0 spiro atoms. The molecule has 212 valence electrons. The molecular weight excluding hydrogens is 536 g/mol. The van der Waals surface area contributed by atoms with Gasteiger partial charge in [-0.15, -0.1) is 10.2 Å². The zero-order chi connectivity index (χ0) is 28.4. The second-order valence-electron chi connectivity index (χ2n) is 10.2. The minimum atomic E-state index is -0.414. The largest absolute Gasteiger partial charge is 0.353 e.